The summed E-state index contributed by atoms with van der Waals surface area (Å²) in [5, 5.41) is 8.34. The fraction of sp³-hybridized carbons (Fsp3) is 0.875. The molecule has 0 heterocycles. The molecule has 0 saturated carbocycles. The van der Waals surface area contributed by atoms with Crippen molar-refractivity contribution in [2.75, 3.05) is 19.8 Å². The van der Waals surface area contributed by atoms with E-state index in [4.69, 9.17) is 14.6 Å². The minimum atomic E-state index is -0.261. The summed E-state index contributed by atoms with van der Waals surface area (Å²) >= 11 is 0. The highest BCUT2D eigenvalue weighted by molar-refractivity contribution is 5.69. The van der Waals surface area contributed by atoms with Gasteiger partial charge in [-0.15, -0.1) is 0 Å². The highest BCUT2D eigenvalue weighted by atomic mass is 16.5. The average molecular weight is 176 g/mol. The summed E-state index contributed by atoms with van der Waals surface area (Å²) < 4.78 is 9.73. The molecule has 4 nitrogen and oxygen atoms in total. The topological polar surface area (TPSA) is 55.8 Å². The first-order valence-corrected chi connectivity index (χ1v) is 4.05. The predicted molar refractivity (Wildman–Crippen MR) is 43.7 cm³/mol. The second kappa shape index (κ2) is 7.06. The molecule has 0 fully saturated rings. The minimum Gasteiger partial charge on any atom is -0.463 e. The molecule has 0 saturated heterocycles. The van der Waals surface area contributed by atoms with Crippen LogP contribution in [0.3, 0.4) is 0 Å². The molecule has 4 heteroatoms. The zero-order valence-electron chi connectivity index (χ0n) is 7.58. The minimum absolute atomic E-state index is 0.0147. The Labute approximate surface area is 72.5 Å². The molecule has 0 bridgehead atoms. The Morgan fingerprint density at radius 1 is 1.42 bits per heavy atom. The molecule has 0 unspecified atom stereocenters. The van der Waals surface area contributed by atoms with Crippen molar-refractivity contribution in [2.24, 2.45) is 0 Å². The normalized spacial score (nSPS) is 10.3. The van der Waals surface area contributed by atoms with Gasteiger partial charge in [0.2, 0.25) is 0 Å². The molecule has 0 rings (SSSR count). The summed E-state index contributed by atoms with van der Waals surface area (Å²) in [7, 11) is 0. The molecule has 12 heavy (non-hydrogen) atoms. The molecule has 0 aromatic heterocycles. The first kappa shape index (κ1) is 11.4. The lowest BCUT2D eigenvalue weighted by molar-refractivity contribution is -0.148. The van der Waals surface area contributed by atoms with E-state index in [0.29, 0.717) is 6.61 Å². The second-order valence-electron chi connectivity index (χ2n) is 2.62. The number of carbonyl (C=O) groups excluding carboxylic acids is 1. The molecular weight excluding hydrogens is 160 g/mol. The Morgan fingerprint density at radius 2 is 2.08 bits per heavy atom. The fourth-order valence-electron chi connectivity index (χ4n) is 0.644. The van der Waals surface area contributed by atoms with Gasteiger partial charge in [-0.25, -0.2) is 0 Å². The Kier molecular flexibility index (Phi) is 6.70. The van der Waals surface area contributed by atoms with Crippen LogP contribution in [0, 0.1) is 0 Å². The van der Waals surface area contributed by atoms with Crippen LogP contribution in [0.4, 0.5) is 0 Å². The third-order valence-corrected chi connectivity index (χ3v) is 1.05. The van der Waals surface area contributed by atoms with Crippen molar-refractivity contribution in [1.29, 1.82) is 0 Å². The van der Waals surface area contributed by atoms with Gasteiger partial charge in [-0.05, 0) is 13.8 Å². The molecule has 0 amide bonds. The van der Waals surface area contributed by atoms with Crippen LogP contribution >= 0.6 is 0 Å². The molecule has 0 aliphatic heterocycles. The summed E-state index contributed by atoms with van der Waals surface area (Å²) in [6.07, 6.45) is 0.174. The highest BCUT2D eigenvalue weighted by Gasteiger charge is 2.04. The van der Waals surface area contributed by atoms with Gasteiger partial charge >= 0.3 is 5.97 Å². The zero-order chi connectivity index (χ0) is 9.40. The summed E-state index contributed by atoms with van der Waals surface area (Å²) in [5.41, 5.74) is 0. The summed E-state index contributed by atoms with van der Waals surface area (Å²) in [4.78, 5) is 10.9. The van der Waals surface area contributed by atoms with Crippen LogP contribution in [0.5, 0.6) is 0 Å². The van der Waals surface area contributed by atoms with Crippen molar-refractivity contribution >= 4 is 5.97 Å². The van der Waals surface area contributed by atoms with E-state index in [1.54, 1.807) is 13.8 Å². The number of esters is 1. The molecule has 0 aliphatic carbocycles. The van der Waals surface area contributed by atoms with Crippen LogP contribution < -0.4 is 0 Å². The third-order valence-electron chi connectivity index (χ3n) is 1.05. The van der Waals surface area contributed by atoms with Gasteiger partial charge in [0.15, 0.2) is 0 Å². The largest absolute Gasteiger partial charge is 0.463 e. The second-order valence-corrected chi connectivity index (χ2v) is 2.62. The number of hydrogen-bond acceptors (Lipinski definition) is 4. The van der Waals surface area contributed by atoms with Crippen LogP contribution in [0.2, 0.25) is 0 Å². The summed E-state index contributed by atoms with van der Waals surface area (Å²) in [6.45, 7) is 4.17. The van der Waals surface area contributed by atoms with E-state index in [1.165, 1.54) is 0 Å². The van der Waals surface area contributed by atoms with Crippen LogP contribution in [0.25, 0.3) is 0 Å². The van der Waals surface area contributed by atoms with Gasteiger partial charge in [0.25, 0.3) is 0 Å². The Bertz CT molecular complexity index is 122. The molecule has 0 spiro atoms. The average Bonchev–Trinajstić information content (AvgIpc) is 1.97. The van der Waals surface area contributed by atoms with E-state index in [0.717, 1.165) is 0 Å². The number of ether oxygens (including phenoxy) is 2. The van der Waals surface area contributed by atoms with Gasteiger partial charge in [0.05, 0.1) is 32.3 Å². The lowest BCUT2D eigenvalue weighted by atomic mass is 10.4. The zero-order valence-corrected chi connectivity index (χ0v) is 7.58. The van der Waals surface area contributed by atoms with E-state index in [9.17, 15) is 4.79 Å². The third kappa shape index (κ3) is 7.50. The maximum absolute atomic E-state index is 10.9. The lowest BCUT2D eigenvalue weighted by Gasteiger charge is -2.07. The van der Waals surface area contributed by atoms with E-state index in [-0.39, 0.29) is 31.7 Å². The Morgan fingerprint density at radius 3 is 2.58 bits per heavy atom. The molecule has 0 aromatic rings. The van der Waals surface area contributed by atoms with Gasteiger partial charge in [-0.1, -0.05) is 0 Å². The van der Waals surface area contributed by atoms with Gasteiger partial charge in [0, 0.05) is 0 Å². The van der Waals surface area contributed by atoms with Gasteiger partial charge in [-0.2, -0.15) is 0 Å². The Hall–Kier alpha value is -0.610. The molecular formula is C8H16O4. The highest BCUT2D eigenvalue weighted by Crippen LogP contribution is 1.93. The maximum Gasteiger partial charge on any atom is 0.308 e. The van der Waals surface area contributed by atoms with Crippen molar-refractivity contribution in [3.05, 3.63) is 0 Å². The first-order chi connectivity index (χ1) is 5.66. The number of aliphatic hydroxyl groups excluding tert-OH is 1. The van der Waals surface area contributed by atoms with Crippen LogP contribution in [0.1, 0.15) is 20.3 Å². The number of carbonyl (C=O) groups is 1. The summed E-state index contributed by atoms with van der Waals surface area (Å²) in [5.74, 6) is -0.261. The van der Waals surface area contributed by atoms with Crippen molar-refractivity contribution in [1.82, 2.24) is 0 Å². The number of hydrogen-bond donors (Lipinski definition) is 1. The molecule has 1 N–H and O–H groups in total. The van der Waals surface area contributed by atoms with Crippen molar-refractivity contribution in [2.45, 2.75) is 26.4 Å². The molecule has 0 aromatic carbocycles. The van der Waals surface area contributed by atoms with Gasteiger partial charge in [0.1, 0.15) is 0 Å². The SMILES string of the molecule is CC(C)OC(=O)CCOCCO. The van der Waals surface area contributed by atoms with Crippen molar-refractivity contribution in [3.8, 4) is 0 Å². The number of rotatable bonds is 6. The standard InChI is InChI=1S/C8H16O4/c1-7(2)12-8(10)3-5-11-6-4-9/h7,9H,3-6H2,1-2H3. The van der Waals surface area contributed by atoms with Crippen LogP contribution in [-0.2, 0) is 14.3 Å². The van der Waals surface area contributed by atoms with Crippen LogP contribution in [0.15, 0.2) is 0 Å². The number of aliphatic hydroxyl groups is 1. The van der Waals surface area contributed by atoms with Crippen molar-refractivity contribution in [3.63, 3.8) is 0 Å². The van der Waals surface area contributed by atoms with E-state index in [2.05, 4.69) is 0 Å². The monoisotopic (exact) mass is 176 g/mol. The van der Waals surface area contributed by atoms with E-state index in [1.807, 2.05) is 0 Å². The quantitative estimate of drug-likeness (QED) is 0.468. The van der Waals surface area contributed by atoms with E-state index < -0.39 is 0 Å². The molecule has 0 aliphatic rings. The first-order valence-electron chi connectivity index (χ1n) is 4.05. The van der Waals surface area contributed by atoms with Gasteiger partial charge in [-0.3, -0.25) is 4.79 Å². The Balaban J connectivity index is 3.20. The van der Waals surface area contributed by atoms with E-state index >= 15 is 0 Å². The maximum atomic E-state index is 10.9. The summed E-state index contributed by atoms with van der Waals surface area (Å²) in [6, 6.07) is 0. The lowest BCUT2D eigenvalue weighted by Crippen LogP contribution is -2.14. The molecule has 0 atom stereocenters. The molecule has 0 radical (unpaired) electrons. The van der Waals surface area contributed by atoms with Gasteiger partial charge < -0.3 is 14.6 Å². The smallest absolute Gasteiger partial charge is 0.308 e. The van der Waals surface area contributed by atoms with Crippen molar-refractivity contribution < 1.29 is 19.4 Å². The predicted octanol–water partition coefficient (Wildman–Crippen LogP) is 0.337. The molecule has 72 valence electrons. The van der Waals surface area contributed by atoms with Crippen LogP contribution in [-0.4, -0.2) is 37.0 Å². The fourth-order valence-corrected chi connectivity index (χ4v) is 0.644.